The van der Waals surface area contributed by atoms with Crippen LogP contribution in [0.4, 0.5) is 0 Å². The molecule has 0 amide bonds. The molecule has 2 nitrogen and oxygen atoms in total. The van der Waals surface area contributed by atoms with Crippen molar-refractivity contribution < 1.29 is 9.53 Å². The quantitative estimate of drug-likeness (QED) is 0.800. The molecule has 0 fully saturated rings. The fourth-order valence-electron chi connectivity index (χ4n) is 2.34. The molecular formula is C16H14O2. The Morgan fingerprint density at radius 2 is 1.72 bits per heavy atom. The van der Waals surface area contributed by atoms with E-state index in [0.717, 1.165) is 23.5 Å². The summed E-state index contributed by atoms with van der Waals surface area (Å²) in [4.78, 5) is 11.5. The van der Waals surface area contributed by atoms with Crippen molar-refractivity contribution in [3.05, 3.63) is 59.7 Å². The lowest BCUT2D eigenvalue weighted by molar-refractivity contribution is -0.118. The van der Waals surface area contributed by atoms with Gasteiger partial charge in [-0.2, -0.15) is 0 Å². The number of hydrogen-bond donors (Lipinski definition) is 0. The van der Waals surface area contributed by atoms with Gasteiger partial charge >= 0.3 is 0 Å². The van der Waals surface area contributed by atoms with Crippen LogP contribution >= 0.6 is 0 Å². The summed E-state index contributed by atoms with van der Waals surface area (Å²) in [6.45, 7) is 0. The predicted molar refractivity (Wildman–Crippen MR) is 70.0 cm³/mol. The van der Waals surface area contributed by atoms with Crippen molar-refractivity contribution in [2.45, 2.75) is 19.3 Å². The average Bonchev–Trinajstić information content (AvgIpc) is 2.40. The third-order valence-corrected chi connectivity index (χ3v) is 3.24. The molecule has 2 heteroatoms. The lowest BCUT2D eigenvalue weighted by atomic mass is 9.90. The highest BCUT2D eigenvalue weighted by molar-refractivity contribution is 5.83. The number of para-hydroxylation sites is 1. The van der Waals surface area contributed by atoms with Gasteiger partial charge < -0.3 is 4.74 Å². The summed E-state index contributed by atoms with van der Waals surface area (Å²) < 4.78 is 5.90. The van der Waals surface area contributed by atoms with E-state index in [0.29, 0.717) is 18.6 Å². The van der Waals surface area contributed by atoms with Gasteiger partial charge in [-0.3, -0.25) is 4.79 Å². The van der Waals surface area contributed by atoms with E-state index in [4.69, 9.17) is 4.74 Å². The van der Waals surface area contributed by atoms with Gasteiger partial charge in [-0.15, -0.1) is 0 Å². The summed E-state index contributed by atoms with van der Waals surface area (Å²) in [5.41, 5.74) is 2.29. The Morgan fingerprint density at radius 3 is 2.56 bits per heavy atom. The molecule has 18 heavy (non-hydrogen) atoms. The molecule has 0 saturated carbocycles. The molecule has 0 aromatic heterocycles. The summed E-state index contributed by atoms with van der Waals surface area (Å²) >= 11 is 0. The minimum absolute atomic E-state index is 0.319. The number of Topliss-reactive ketones (excluding diaryl/α,β-unsaturated/α-hetero) is 1. The number of carbonyl (C=O) groups excluding carboxylic acids is 1. The molecule has 1 aliphatic rings. The highest BCUT2D eigenvalue weighted by atomic mass is 16.5. The Balaban J connectivity index is 1.94. The first-order chi connectivity index (χ1) is 8.83. The van der Waals surface area contributed by atoms with Crippen LogP contribution < -0.4 is 4.74 Å². The highest BCUT2D eigenvalue weighted by Gasteiger charge is 2.18. The standard InChI is InChI=1S/C16H14O2/c17-13-9-10-15-12(11-13)5-4-8-16(15)18-14-6-2-1-3-7-14/h1-8H,9-11H2. The SMILES string of the molecule is O=C1CCc2c(cccc2Oc2ccccc2)C1. The third kappa shape index (κ3) is 2.14. The zero-order chi connectivity index (χ0) is 12.4. The van der Waals surface area contributed by atoms with E-state index < -0.39 is 0 Å². The minimum Gasteiger partial charge on any atom is -0.457 e. The van der Waals surface area contributed by atoms with Crippen LogP contribution in [0.3, 0.4) is 0 Å². The lowest BCUT2D eigenvalue weighted by Crippen LogP contribution is -2.13. The summed E-state index contributed by atoms with van der Waals surface area (Å²) in [6, 6.07) is 15.7. The number of ketones is 1. The van der Waals surface area contributed by atoms with Crippen molar-refractivity contribution in [3.8, 4) is 11.5 Å². The van der Waals surface area contributed by atoms with Crippen molar-refractivity contribution in [3.63, 3.8) is 0 Å². The summed E-state index contributed by atoms with van der Waals surface area (Å²) in [7, 11) is 0. The van der Waals surface area contributed by atoms with E-state index >= 15 is 0 Å². The molecule has 1 aliphatic carbocycles. The van der Waals surface area contributed by atoms with Crippen LogP contribution in [0.5, 0.6) is 11.5 Å². The normalized spacial score (nSPS) is 14.1. The largest absolute Gasteiger partial charge is 0.457 e. The predicted octanol–water partition coefficient (Wildman–Crippen LogP) is 3.54. The Hall–Kier alpha value is -2.09. The topological polar surface area (TPSA) is 26.3 Å². The number of ether oxygens (including phenoxy) is 1. The van der Waals surface area contributed by atoms with Crippen LogP contribution in [0.25, 0.3) is 0 Å². The van der Waals surface area contributed by atoms with Crippen molar-refractivity contribution in [1.29, 1.82) is 0 Å². The molecule has 0 N–H and O–H groups in total. The summed E-state index contributed by atoms with van der Waals surface area (Å²) in [6.07, 6.45) is 1.96. The third-order valence-electron chi connectivity index (χ3n) is 3.24. The first-order valence-electron chi connectivity index (χ1n) is 6.18. The van der Waals surface area contributed by atoms with Gasteiger partial charge in [0, 0.05) is 12.8 Å². The van der Waals surface area contributed by atoms with Gasteiger partial charge in [0.25, 0.3) is 0 Å². The second-order valence-corrected chi connectivity index (χ2v) is 4.52. The Bertz CT molecular complexity index is 573. The van der Waals surface area contributed by atoms with Gasteiger partial charge in [0.2, 0.25) is 0 Å². The molecular weight excluding hydrogens is 224 g/mol. The Kier molecular flexibility index (Phi) is 2.85. The van der Waals surface area contributed by atoms with E-state index in [2.05, 4.69) is 0 Å². The molecule has 0 spiro atoms. The van der Waals surface area contributed by atoms with E-state index in [-0.39, 0.29) is 0 Å². The number of fused-ring (bicyclic) bond motifs is 1. The van der Waals surface area contributed by atoms with E-state index in [1.165, 1.54) is 5.56 Å². The van der Waals surface area contributed by atoms with E-state index in [9.17, 15) is 4.79 Å². The van der Waals surface area contributed by atoms with Crippen LogP contribution in [0, 0.1) is 0 Å². The van der Waals surface area contributed by atoms with Crippen LogP contribution in [0.2, 0.25) is 0 Å². The first kappa shape index (κ1) is 11.0. The Labute approximate surface area is 106 Å². The maximum Gasteiger partial charge on any atom is 0.137 e. The van der Waals surface area contributed by atoms with Crippen LogP contribution in [-0.2, 0) is 17.6 Å². The van der Waals surface area contributed by atoms with Crippen LogP contribution in [0.15, 0.2) is 48.5 Å². The highest BCUT2D eigenvalue weighted by Crippen LogP contribution is 2.31. The molecule has 3 rings (SSSR count). The second-order valence-electron chi connectivity index (χ2n) is 4.52. The monoisotopic (exact) mass is 238 g/mol. The molecule has 0 saturated heterocycles. The fourth-order valence-corrected chi connectivity index (χ4v) is 2.34. The second kappa shape index (κ2) is 4.65. The maximum absolute atomic E-state index is 11.5. The molecule has 90 valence electrons. The molecule has 2 aromatic rings. The number of benzene rings is 2. The molecule has 0 bridgehead atoms. The smallest absolute Gasteiger partial charge is 0.137 e. The molecule has 0 radical (unpaired) electrons. The number of hydrogen-bond acceptors (Lipinski definition) is 2. The van der Waals surface area contributed by atoms with Crippen molar-refractivity contribution >= 4 is 5.78 Å². The van der Waals surface area contributed by atoms with Gasteiger partial charge in [-0.25, -0.2) is 0 Å². The first-order valence-corrected chi connectivity index (χ1v) is 6.18. The fraction of sp³-hybridized carbons (Fsp3) is 0.188. The van der Waals surface area contributed by atoms with Crippen LogP contribution in [0.1, 0.15) is 17.5 Å². The molecule has 0 aliphatic heterocycles. The van der Waals surface area contributed by atoms with Crippen LogP contribution in [-0.4, -0.2) is 5.78 Å². The molecule has 2 aromatic carbocycles. The van der Waals surface area contributed by atoms with Crippen molar-refractivity contribution in [1.82, 2.24) is 0 Å². The average molecular weight is 238 g/mol. The van der Waals surface area contributed by atoms with Gasteiger partial charge in [-0.1, -0.05) is 30.3 Å². The van der Waals surface area contributed by atoms with Crippen molar-refractivity contribution in [2.24, 2.45) is 0 Å². The molecule has 0 heterocycles. The zero-order valence-electron chi connectivity index (χ0n) is 10.1. The van der Waals surface area contributed by atoms with Crippen molar-refractivity contribution in [2.75, 3.05) is 0 Å². The Morgan fingerprint density at radius 1 is 0.889 bits per heavy atom. The number of carbonyl (C=O) groups is 1. The molecule has 0 atom stereocenters. The van der Waals surface area contributed by atoms with E-state index in [1.54, 1.807) is 0 Å². The van der Waals surface area contributed by atoms with Gasteiger partial charge in [0.15, 0.2) is 0 Å². The van der Waals surface area contributed by atoms with E-state index in [1.807, 2.05) is 48.5 Å². The van der Waals surface area contributed by atoms with Gasteiger partial charge in [-0.05, 0) is 35.7 Å². The minimum atomic E-state index is 0.319. The number of rotatable bonds is 2. The maximum atomic E-state index is 11.5. The summed E-state index contributed by atoms with van der Waals surface area (Å²) in [5.74, 6) is 2.04. The van der Waals surface area contributed by atoms with Gasteiger partial charge in [0.05, 0.1) is 0 Å². The van der Waals surface area contributed by atoms with Gasteiger partial charge in [0.1, 0.15) is 17.3 Å². The molecule has 0 unspecified atom stereocenters. The zero-order valence-corrected chi connectivity index (χ0v) is 10.1. The summed E-state index contributed by atoms with van der Waals surface area (Å²) in [5, 5.41) is 0. The lowest BCUT2D eigenvalue weighted by Gasteiger charge is -2.18.